The number of para-hydroxylation sites is 2. The Morgan fingerprint density at radius 2 is 1.45 bits per heavy atom. The first-order valence-corrected chi connectivity index (χ1v) is 10.1. The number of nitrogens with one attached hydrogen (secondary N) is 1. The van der Waals surface area contributed by atoms with Gasteiger partial charge in [0, 0.05) is 35.2 Å². The van der Waals surface area contributed by atoms with Gasteiger partial charge in [0.25, 0.3) is 0 Å². The van der Waals surface area contributed by atoms with E-state index in [9.17, 15) is 0 Å². The molecule has 2 nitrogen and oxygen atoms in total. The molecule has 2 heteroatoms. The fourth-order valence-electron chi connectivity index (χ4n) is 3.96. The molecule has 144 valence electrons. The molecular weight excluding hydrogens is 352 g/mol. The molecule has 0 unspecified atom stereocenters. The van der Waals surface area contributed by atoms with Gasteiger partial charge in [0.05, 0.1) is 5.41 Å². The van der Waals surface area contributed by atoms with Gasteiger partial charge in [0.2, 0.25) is 5.69 Å². The second-order valence-electron chi connectivity index (χ2n) is 7.83. The van der Waals surface area contributed by atoms with E-state index in [4.69, 9.17) is 0 Å². The van der Waals surface area contributed by atoms with Crippen molar-refractivity contribution in [2.45, 2.75) is 25.8 Å². The van der Waals surface area contributed by atoms with Crippen molar-refractivity contribution < 1.29 is 4.58 Å². The first-order chi connectivity index (χ1) is 14.2. The lowest BCUT2D eigenvalue weighted by Gasteiger charge is -2.15. The van der Waals surface area contributed by atoms with Gasteiger partial charge in [0.1, 0.15) is 0 Å². The zero-order chi connectivity index (χ0) is 20.1. The van der Waals surface area contributed by atoms with Crippen LogP contribution in [-0.4, -0.2) is 10.3 Å². The summed E-state index contributed by atoms with van der Waals surface area (Å²) in [6.07, 6.45) is 8.39. The number of nitrogens with zero attached hydrogens (tertiary/aromatic N) is 1. The van der Waals surface area contributed by atoms with Crippen molar-refractivity contribution in [1.29, 1.82) is 0 Å². The first-order valence-electron chi connectivity index (χ1n) is 10.1. The smallest absolute Gasteiger partial charge is 0.210 e. The minimum atomic E-state index is -0.0391. The highest BCUT2D eigenvalue weighted by atomic mass is 15.1. The highest BCUT2D eigenvalue weighted by Crippen LogP contribution is 2.40. The highest BCUT2D eigenvalue weighted by molar-refractivity contribution is 6.03. The molecule has 0 aromatic heterocycles. The van der Waals surface area contributed by atoms with Crippen molar-refractivity contribution >= 4 is 17.1 Å². The van der Waals surface area contributed by atoms with Gasteiger partial charge in [0.15, 0.2) is 12.3 Å². The molecule has 1 N–H and O–H groups in total. The molecule has 1 heterocycles. The molecule has 3 aromatic carbocycles. The Bertz CT molecular complexity index is 1060. The molecular formula is C27H27N2+. The van der Waals surface area contributed by atoms with E-state index in [0.717, 1.165) is 12.2 Å². The number of rotatable bonds is 6. The lowest BCUT2D eigenvalue weighted by Crippen LogP contribution is -2.27. The van der Waals surface area contributed by atoms with Crippen LogP contribution in [0.25, 0.3) is 0 Å². The highest BCUT2D eigenvalue weighted by Gasteiger charge is 2.43. The average Bonchev–Trinajstić information content (AvgIpc) is 2.96. The predicted molar refractivity (Wildman–Crippen MR) is 123 cm³/mol. The van der Waals surface area contributed by atoms with Crippen LogP contribution in [0.1, 0.15) is 25.0 Å². The van der Waals surface area contributed by atoms with E-state index < -0.39 is 0 Å². The van der Waals surface area contributed by atoms with Gasteiger partial charge < -0.3 is 5.32 Å². The summed E-state index contributed by atoms with van der Waals surface area (Å²) in [6.45, 7) is 5.48. The molecule has 0 spiro atoms. The van der Waals surface area contributed by atoms with Crippen LogP contribution in [-0.2, 0) is 12.0 Å². The number of hydrogen-bond donors (Lipinski definition) is 1. The zero-order valence-corrected chi connectivity index (χ0v) is 17.0. The Kier molecular flexibility index (Phi) is 5.44. The van der Waals surface area contributed by atoms with E-state index in [0.29, 0.717) is 0 Å². The Labute approximate surface area is 173 Å². The van der Waals surface area contributed by atoms with Crippen molar-refractivity contribution in [3.8, 4) is 0 Å². The third kappa shape index (κ3) is 4.07. The van der Waals surface area contributed by atoms with Crippen LogP contribution in [0.4, 0.5) is 11.4 Å². The molecule has 0 aliphatic carbocycles. The van der Waals surface area contributed by atoms with Gasteiger partial charge in [-0.1, -0.05) is 72.8 Å². The van der Waals surface area contributed by atoms with Crippen LogP contribution in [0.2, 0.25) is 0 Å². The summed E-state index contributed by atoms with van der Waals surface area (Å²) in [4.78, 5) is 0. The molecule has 0 saturated heterocycles. The zero-order valence-electron chi connectivity index (χ0n) is 17.0. The number of allylic oxidation sites excluding steroid dienone is 3. The lowest BCUT2D eigenvalue weighted by molar-refractivity contribution is -0.455. The fraction of sp³-hybridized carbons (Fsp3) is 0.148. The predicted octanol–water partition coefficient (Wildman–Crippen LogP) is 6.45. The summed E-state index contributed by atoms with van der Waals surface area (Å²) in [7, 11) is 0. The van der Waals surface area contributed by atoms with E-state index in [2.05, 4.69) is 109 Å². The quantitative estimate of drug-likeness (QED) is 0.384. The molecule has 1 aliphatic heterocycles. The standard InChI is InChI=1S/C27H26N2/c1-27(2)24-17-9-10-18-25(24)29(21-22-13-5-3-6-14-22)26(27)19-11-12-20-28-23-15-7-4-8-16-23/h3-20H,21H2,1-2H3/p+1. The summed E-state index contributed by atoms with van der Waals surface area (Å²) >= 11 is 0. The maximum Gasteiger partial charge on any atom is 0.210 e. The summed E-state index contributed by atoms with van der Waals surface area (Å²) in [5, 5.41) is 3.30. The van der Waals surface area contributed by atoms with Gasteiger partial charge in [-0.2, -0.15) is 4.58 Å². The fourth-order valence-corrected chi connectivity index (χ4v) is 3.96. The van der Waals surface area contributed by atoms with Crippen molar-refractivity contribution in [1.82, 2.24) is 0 Å². The molecule has 0 fully saturated rings. The van der Waals surface area contributed by atoms with E-state index in [1.54, 1.807) is 0 Å². The van der Waals surface area contributed by atoms with Gasteiger partial charge in [-0.05, 0) is 32.1 Å². The topological polar surface area (TPSA) is 15.0 Å². The van der Waals surface area contributed by atoms with Gasteiger partial charge in [-0.25, -0.2) is 0 Å². The van der Waals surface area contributed by atoms with Crippen LogP contribution in [0, 0.1) is 0 Å². The third-order valence-electron chi connectivity index (χ3n) is 5.47. The monoisotopic (exact) mass is 379 g/mol. The summed E-state index contributed by atoms with van der Waals surface area (Å²) in [5.74, 6) is 0. The molecule has 3 aromatic rings. The lowest BCUT2D eigenvalue weighted by atomic mass is 9.81. The van der Waals surface area contributed by atoms with Crippen LogP contribution in [0.3, 0.4) is 0 Å². The van der Waals surface area contributed by atoms with E-state index in [-0.39, 0.29) is 5.41 Å². The second kappa shape index (κ2) is 8.32. The van der Waals surface area contributed by atoms with E-state index >= 15 is 0 Å². The van der Waals surface area contributed by atoms with Crippen molar-refractivity contribution in [3.63, 3.8) is 0 Å². The van der Waals surface area contributed by atoms with Crippen LogP contribution >= 0.6 is 0 Å². The molecule has 29 heavy (non-hydrogen) atoms. The van der Waals surface area contributed by atoms with Gasteiger partial charge in [-0.3, -0.25) is 0 Å². The maximum atomic E-state index is 3.30. The van der Waals surface area contributed by atoms with Gasteiger partial charge in [-0.15, -0.1) is 0 Å². The Balaban J connectivity index is 1.62. The molecule has 0 saturated carbocycles. The van der Waals surface area contributed by atoms with Crippen LogP contribution in [0.5, 0.6) is 0 Å². The molecule has 1 aliphatic rings. The number of benzene rings is 3. The number of anilines is 1. The minimum absolute atomic E-state index is 0.0391. The van der Waals surface area contributed by atoms with E-state index in [1.807, 2.05) is 24.4 Å². The van der Waals surface area contributed by atoms with Crippen molar-refractivity contribution in [3.05, 3.63) is 120 Å². The van der Waals surface area contributed by atoms with Crippen LogP contribution < -0.4 is 5.32 Å². The second-order valence-corrected chi connectivity index (χ2v) is 7.83. The summed E-state index contributed by atoms with van der Waals surface area (Å²) < 4.78 is 2.44. The van der Waals surface area contributed by atoms with Crippen LogP contribution in [0.15, 0.2) is 109 Å². The molecule has 0 radical (unpaired) electrons. The summed E-state index contributed by atoms with van der Waals surface area (Å²) in [5.41, 5.74) is 6.35. The minimum Gasteiger partial charge on any atom is -0.362 e. The maximum absolute atomic E-state index is 3.30. The molecule has 0 amide bonds. The van der Waals surface area contributed by atoms with Crippen molar-refractivity contribution in [2.75, 3.05) is 5.32 Å². The number of hydrogen-bond acceptors (Lipinski definition) is 1. The Morgan fingerprint density at radius 3 is 2.21 bits per heavy atom. The molecule has 0 atom stereocenters. The van der Waals surface area contributed by atoms with Crippen molar-refractivity contribution in [2.24, 2.45) is 0 Å². The largest absolute Gasteiger partial charge is 0.362 e. The SMILES string of the molecule is CC1(C)C(/C=C/C=C/Nc2ccccc2)=[N+](Cc2ccccc2)c2ccccc21. The average molecular weight is 380 g/mol. The Hall–Kier alpha value is -3.39. The third-order valence-corrected chi connectivity index (χ3v) is 5.47. The van der Waals surface area contributed by atoms with Gasteiger partial charge >= 0.3 is 0 Å². The normalized spacial score (nSPS) is 15.2. The van der Waals surface area contributed by atoms with E-state index in [1.165, 1.54) is 22.5 Å². The number of fused-ring (bicyclic) bond motifs is 1. The molecule has 4 rings (SSSR count). The first kappa shape index (κ1) is 18.9. The Morgan fingerprint density at radius 1 is 0.793 bits per heavy atom. The molecule has 0 bridgehead atoms. The summed E-state index contributed by atoms with van der Waals surface area (Å²) in [6, 6.07) is 29.6.